The van der Waals surface area contributed by atoms with Crippen LogP contribution in [0.3, 0.4) is 0 Å². The normalized spacial score (nSPS) is 11.3. The van der Waals surface area contributed by atoms with Gasteiger partial charge in [0, 0.05) is 11.1 Å². The highest BCUT2D eigenvalue weighted by Gasteiger charge is 2.17. The zero-order valence-electron chi connectivity index (χ0n) is 9.51. The topological polar surface area (TPSA) is 55.4 Å². The van der Waals surface area contributed by atoms with Crippen LogP contribution in [0.5, 0.6) is 0 Å². The van der Waals surface area contributed by atoms with Gasteiger partial charge in [0.1, 0.15) is 5.71 Å². The van der Waals surface area contributed by atoms with Crippen LogP contribution in [-0.4, -0.2) is 11.5 Å². The quantitative estimate of drug-likeness (QED) is 0.398. The summed E-state index contributed by atoms with van der Waals surface area (Å²) >= 11 is 6.04. The average Bonchev–Trinajstić information content (AvgIpc) is 2.42. The van der Waals surface area contributed by atoms with Crippen LogP contribution < -0.4 is 5.84 Å². The minimum Gasteiger partial charge on any atom is -0.323 e. The largest absolute Gasteiger partial charge is 0.323 e. The number of nitrogens with two attached hydrogens (primary N) is 1. The number of Topliss-reactive ketones (excluding diaryl/α,β-unsaturated/α-hetero) is 1. The van der Waals surface area contributed by atoms with Crippen molar-refractivity contribution in [1.29, 1.82) is 0 Å². The van der Waals surface area contributed by atoms with Crippen LogP contribution in [0.1, 0.15) is 15.9 Å². The van der Waals surface area contributed by atoms with Gasteiger partial charge < -0.3 is 5.84 Å². The Hall–Kier alpha value is -2.13. The van der Waals surface area contributed by atoms with Gasteiger partial charge in [0.15, 0.2) is 0 Å². The van der Waals surface area contributed by atoms with Gasteiger partial charge in [-0.1, -0.05) is 60.1 Å². The van der Waals surface area contributed by atoms with E-state index < -0.39 is 0 Å². The second kappa shape index (κ2) is 5.47. The lowest BCUT2D eigenvalue weighted by molar-refractivity contribution is 0.106. The summed E-state index contributed by atoms with van der Waals surface area (Å²) in [5.74, 6) is 5.08. The molecule has 0 radical (unpaired) electrons. The summed E-state index contributed by atoms with van der Waals surface area (Å²) in [5, 5.41) is 4.03. The van der Waals surface area contributed by atoms with E-state index in [1.807, 2.05) is 6.07 Å². The predicted octanol–water partition coefficient (Wildman–Crippen LogP) is 2.89. The molecule has 0 fully saturated rings. The van der Waals surface area contributed by atoms with E-state index in [0.717, 1.165) is 0 Å². The van der Waals surface area contributed by atoms with Crippen molar-refractivity contribution in [3.8, 4) is 0 Å². The van der Waals surface area contributed by atoms with E-state index in [1.54, 1.807) is 48.5 Å². The Labute approximate surface area is 110 Å². The lowest BCUT2D eigenvalue weighted by Crippen LogP contribution is -2.18. The number of halogens is 1. The highest BCUT2D eigenvalue weighted by molar-refractivity contribution is 6.53. The van der Waals surface area contributed by atoms with Crippen molar-refractivity contribution in [2.45, 2.75) is 0 Å². The summed E-state index contributed by atoms with van der Waals surface area (Å²) in [4.78, 5) is 12.3. The van der Waals surface area contributed by atoms with Gasteiger partial charge >= 0.3 is 0 Å². The maximum Gasteiger partial charge on any atom is 0.213 e. The molecule has 0 saturated carbocycles. The molecule has 3 nitrogen and oxygen atoms in total. The summed E-state index contributed by atoms with van der Waals surface area (Å²) in [6, 6.07) is 15.8. The van der Waals surface area contributed by atoms with E-state index in [4.69, 9.17) is 17.4 Å². The van der Waals surface area contributed by atoms with Gasteiger partial charge in [-0.05, 0) is 6.07 Å². The number of hydrogen-bond acceptors (Lipinski definition) is 3. The van der Waals surface area contributed by atoms with E-state index in [-0.39, 0.29) is 11.5 Å². The first-order valence-electron chi connectivity index (χ1n) is 5.36. The molecule has 2 aromatic carbocycles. The van der Waals surface area contributed by atoms with E-state index in [9.17, 15) is 4.79 Å². The molecule has 90 valence electrons. The number of rotatable bonds is 3. The molecule has 2 rings (SSSR count). The van der Waals surface area contributed by atoms with Crippen LogP contribution in [0.4, 0.5) is 0 Å². The average molecular weight is 259 g/mol. The number of ketones is 1. The summed E-state index contributed by atoms with van der Waals surface area (Å²) in [5.41, 5.74) is 1.23. The molecule has 0 unspecified atom stereocenters. The van der Waals surface area contributed by atoms with Gasteiger partial charge in [0.05, 0.1) is 5.02 Å². The highest BCUT2D eigenvalue weighted by Crippen LogP contribution is 2.18. The third-order valence-corrected chi connectivity index (χ3v) is 2.84. The Kier molecular flexibility index (Phi) is 3.75. The van der Waals surface area contributed by atoms with Crippen molar-refractivity contribution >= 4 is 23.1 Å². The second-order valence-electron chi connectivity index (χ2n) is 3.65. The number of hydrogen-bond donors (Lipinski definition) is 1. The standard InChI is InChI=1S/C14H11ClN2O/c15-12-9-5-4-8-11(12)13(17-16)14(18)10-6-2-1-3-7-10/h1-9H,16H2. The lowest BCUT2D eigenvalue weighted by atomic mass is 10.0. The summed E-state index contributed by atoms with van der Waals surface area (Å²) in [7, 11) is 0. The van der Waals surface area contributed by atoms with Gasteiger partial charge in [0.2, 0.25) is 5.78 Å². The number of carbonyl (C=O) groups excluding carboxylic acids is 1. The Morgan fingerprint density at radius 2 is 1.61 bits per heavy atom. The second-order valence-corrected chi connectivity index (χ2v) is 4.06. The van der Waals surface area contributed by atoms with Gasteiger partial charge in [0.25, 0.3) is 0 Å². The molecule has 0 aliphatic carbocycles. The minimum absolute atomic E-state index is 0.159. The van der Waals surface area contributed by atoms with Crippen molar-refractivity contribution in [2.75, 3.05) is 0 Å². The van der Waals surface area contributed by atoms with Gasteiger partial charge in [-0.25, -0.2) is 0 Å². The SMILES string of the molecule is NN=C(C(=O)c1ccccc1)c1ccccc1Cl. The number of benzene rings is 2. The zero-order chi connectivity index (χ0) is 13.0. The molecule has 4 heteroatoms. The van der Waals surface area contributed by atoms with E-state index >= 15 is 0 Å². The van der Waals surface area contributed by atoms with Crippen molar-refractivity contribution < 1.29 is 4.79 Å². The molecule has 18 heavy (non-hydrogen) atoms. The summed E-state index contributed by atoms with van der Waals surface area (Å²) in [6.07, 6.45) is 0. The van der Waals surface area contributed by atoms with Gasteiger partial charge in [-0.2, -0.15) is 5.10 Å². The van der Waals surface area contributed by atoms with Crippen LogP contribution in [0.25, 0.3) is 0 Å². The first-order valence-corrected chi connectivity index (χ1v) is 5.74. The van der Waals surface area contributed by atoms with Crippen LogP contribution in [0.2, 0.25) is 5.02 Å². The number of hydrazone groups is 1. The van der Waals surface area contributed by atoms with Crippen molar-refractivity contribution in [3.63, 3.8) is 0 Å². The number of nitrogens with zero attached hydrogens (tertiary/aromatic N) is 1. The molecule has 2 aromatic rings. The predicted molar refractivity (Wildman–Crippen MR) is 72.9 cm³/mol. The molecule has 2 N–H and O–H groups in total. The Morgan fingerprint density at radius 3 is 2.22 bits per heavy atom. The van der Waals surface area contributed by atoms with Crippen LogP contribution in [0, 0.1) is 0 Å². The first kappa shape index (κ1) is 12.3. The molecule has 0 aliphatic heterocycles. The Morgan fingerprint density at radius 1 is 1.00 bits per heavy atom. The molecule has 0 bridgehead atoms. The van der Waals surface area contributed by atoms with Crippen molar-refractivity contribution in [1.82, 2.24) is 0 Å². The van der Waals surface area contributed by atoms with E-state index in [0.29, 0.717) is 16.1 Å². The molecule has 0 amide bonds. The van der Waals surface area contributed by atoms with Crippen LogP contribution in [-0.2, 0) is 0 Å². The third kappa shape index (κ3) is 2.41. The van der Waals surface area contributed by atoms with Crippen LogP contribution >= 0.6 is 11.6 Å². The molecule has 0 saturated heterocycles. The van der Waals surface area contributed by atoms with Crippen molar-refractivity contribution in [2.24, 2.45) is 10.9 Å². The van der Waals surface area contributed by atoms with Gasteiger partial charge in [-0.3, -0.25) is 4.79 Å². The summed E-state index contributed by atoms with van der Waals surface area (Å²) < 4.78 is 0. The number of carbonyl (C=O) groups is 1. The fourth-order valence-corrected chi connectivity index (χ4v) is 1.86. The van der Waals surface area contributed by atoms with Crippen molar-refractivity contribution in [3.05, 3.63) is 70.7 Å². The molecule has 0 heterocycles. The fraction of sp³-hybridized carbons (Fsp3) is 0. The zero-order valence-corrected chi connectivity index (χ0v) is 10.3. The molecular weight excluding hydrogens is 248 g/mol. The smallest absolute Gasteiger partial charge is 0.213 e. The molecule has 0 atom stereocenters. The fourth-order valence-electron chi connectivity index (χ4n) is 1.63. The minimum atomic E-state index is -0.244. The summed E-state index contributed by atoms with van der Waals surface area (Å²) in [6.45, 7) is 0. The molecular formula is C14H11ClN2O. The monoisotopic (exact) mass is 258 g/mol. The Bertz CT molecular complexity index is 594. The Balaban J connectivity index is 2.43. The van der Waals surface area contributed by atoms with E-state index in [1.165, 1.54) is 0 Å². The molecule has 0 aromatic heterocycles. The molecule has 0 spiro atoms. The maximum absolute atomic E-state index is 12.3. The lowest BCUT2D eigenvalue weighted by Gasteiger charge is -2.06. The van der Waals surface area contributed by atoms with Gasteiger partial charge in [-0.15, -0.1) is 0 Å². The molecule has 0 aliphatic rings. The first-order chi connectivity index (χ1) is 8.74. The van der Waals surface area contributed by atoms with Crippen LogP contribution in [0.15, 0.2) is 59.7 Å². The maximum atomic E-state index is 12.3. The third-order valence-electron chi connectivity index (χ3n) is 2.51. The highest BCUT2D eigenvalue weighted by atomic mass is 35.5. The van der Waals surface area contributed by atoms with E-state index in [2.05, 4.69) is 5.10 Å².